The normalized spacial score (nSPS) is 9.60. The molecule has 0 atom stereocenters. The first-order valence-corrected chi connectivity index (χ1v) is 3.14. The van der Waals surface area contributed by atoms with Crippen molar-refractivity contribution in [2.75, 3.05) is 7.05 Å². The van der Waals surface area contributed by atoms with Crippen molar-refractivity contribution in [3.8, 4) is 0 Å². The summed E-state index contributed by atoms with van der Waals surface area (Å²) in [6, 6.07) is 0. The number of hydrogen-bond donors (Lipinski definition) is 0. The van der Waals surface area contributed by atoms with Gasteiger partial charge in [0.1, 0.15) is 0 Å². The Hall–Kier alpha value is -0.830. The van der Waals surface area contributed by atoms with Crippen LogP contribution in [0.2, 0.25) is 0 Å². The number of hydrogen-bond acceptors (Lipinski definition) is 2. The second-order valence-corrected chi connectivity index (χ2v) is 2.19. The summed E-state index contributed by atoms with van der Waals surface area (Å²) in [7, 11) is 1.56. The molecular weight excluding hydrogens is 130 g/mol. The lowest BCUT2D eigenvalue weighted by Gasteiger charge is -2.16. The summed E-state index contributed by atoms with van der Waals surface area (Å²) in [5.41, 5.74) is 0. The maximum atomic E-state index is 10.7. The molecule has 0 bridgehead atoms. The van der Waals surface area contributed by atoms with E-state index in [9.17, 15) is 4.79 Å². The third-order valence-electron chi connectivity index (χ3n) is 0.854. The summed E-state index contributed by atoms with van der Waals surface area (Å²) in [5, 5.41) is 1.16. The molecule has 1 amide bonds. The Bertz CT molecular complexity index is 132. The highest BCUT2D eigenvalue weighted by Crippen LogP contribution is 1.93. The van der Waals surface area contributed by atoms with Crippen molar-refractivity contribution < 1.29 is 9.63 Å². The molecule has 0 unspecified atom stereocenters. The van der Waals surface area contributed by atoms with Crippen LogP contribution < -0.4 is 0 Å². The predicted octanol–water partition coefficient (Wildman–Crippen LogP) is 0.971. The Labute approximate surface area is 61.2 Å². The molecule has 0 spiro atoms. The molecule has 0 aliphatic rings. The van der Waals surface area contributed by atoms with Gasteiger partial charge in [-0.15, -0.1) is 0 Å². The van der Waals surface area contributed by atoms with E-state index < -0.39 is 0 Å². The van der Waals surface area contributed by atoms with E-state index in [1.165, 1.54) is 6.08 Å². The van der Waals surface area contributed by atoms with E-state index in [0.717, 1.165) is 5.06 Å². The van der Waals surface area contributed by atoms with Crippen LogP contribution in [0.1, 0.15) is 13.8 Å². The lowest BCUT2D eigenvalue weighted by molar-refractivity contribution is -0.185. The quantitative estimate of drug-likeness (QED) is 0.435. The van der Waals surface area contributed by atoms with Gasteiger partial charge >= 0.3 is 0 Å². The molecule has 0 aromatic rings. The Balaban J connectivity index is 3.72. The summed E-state index contributed by atoms with van der Waals surface area (Å²) < 4.78 is 0. The Kier molecular flexibility index (Phi) is 3.72. The van der Waals surface area contributed by atoms with Crippen molar-refractivity contribution in [2.24, 2.45) is 0 Å². The van der Waals surface area contributed by atoms with E-state index in [4.69, 9.17) is 4.84 Å². The first-order chi connectivity index (χ1) is 4.57. The second-order valence-electron chi connectivity index (χ2n) is 2.19. The lowest BCUT2D eigenvalue weighted by Crippen LogP contribution is -2.27. The van der Waals surface area contributed by atoms with Crippen LogP contribution in [0, 0.1) is 0 Å². The molecule has 0 rings (SSSR count). The minimum Gasteiger partial charge on any atom is -0.268 e. The summed E-state index contributed by atoms with van der Waals surface area (Å²) in [6.07, 6.45) is 1.23. The van der Waals surface area contributed by atoms with Crippen LogP contribution in [-0.2, 0) is 9.63 Å². The highest BCUT2D eigenvalue weighted by Gasteiger charge is 2.05. The number of hydroxylamine groups is 2. The van der Waals surface area contributed by atoms with Crippen LogP contribution in [0.5, 0.6) is 0 Å². The van der Waals surface area contributed by atoms with Gasteiger partial charge in [-0.05, 0) is 19.9 Å². The van der Waals surface area contributed by atoms with Crippen molar-refractivity contribution in [3.63, 3.8) is 0 Å². The number of likely N-dealkylation sites (N-methyl/N-ethyl adjacent to an activating group) is 1. The fourth-order valence-electron chi connectivity index (χ4n) is 0.497. The van der Waals surface area contributed by atoms with Crippen molar-refractivity contribution in [3.05, 3.63) is 12.7 Å². The third kappa shape index (κ3) is 3.25. The van der Waals surface area contributed by atoms with Gasteiger partial charge in [0.05, 0.1) is 6.10 Å². The van der Waals surface area contributed by atoms with Crippen molar-refractivity contribution in [1.82, 2.24) is 5.06 Å². The topological polar surface area (TPSA) is 29.5 Å². The first kappa shape index (κ1) is 9.17. The zero-order valence-corrected chi connectivity index (χ0v) is 6.63. The number of carbonyl (C=O) groups excluding carboxylic acids is 1. The first-order valence-electron chi connectivity index (χ1n) is 3.14. The summed E-state index contributed by atoms with van der Waals surface area (Å²) in [6.45, 7) is 7.03. The SMILES string of the molecule is C=CC(=O)N(C)OC(C)C. The molecule has 0 saturated carbocycles. The average Bonchev–Trinajstić information content (AvgIpc) is 1.85. The molecule has 0 aromatic heterocycles. The smallest absolute Gasteiger partial charge is 0.268 e. The van der Waals surface area contributed by atoms with E-state index in [1.807, 2.05) is 13.8 Å². The van der Waals surface area contributed by atoms with E-state index in [1.54, 1.807) is 7.05 Å². The molecule has 58 valence electrons. The van der Waals surface area contributed by atoms with Gasteiger partial charge in [0.25, 0.3) is 5.91 Å². The van der Waals surface area contributed by atoms with E-state index >= 15 is 0 Å². The van der Waals surface area contributed by atoms with Crippen LogP contribution in [0.4, 0.5) is 0 Å². The summed E-state index contributed by atoms with van der Waals surface area (Å²) in [4.78, 5) is 15.7. The molecular formula is C7H13NO2. The fraction of sp³-hybridized carbons (Fsp3) is 0.571. The van der Waals surface area contributed by atoms with Gasteiger partial charge in [0, 0.05) is 7.05 Å². The minimum atomic E-state index is -0.228. The van der Waals surface area contributed by atoms with Crippen LogP contribution in [0.15, 0.2) is 12.7 Å². The zero-order chi connectivity index (χ0) is 8.15. The number of nitrogens with zero attached hydrogens (tertiary/aromatic N) is 1. The monoisotopic (exact) mass is 143 g/mol. The number of carbonyl (C=O) groups is 1. The van der Waals surface area contributed by atoms with Crippen molar-refractivity contribution in [1.29, 1.82) is 0 Å². The molecule has 0 aliphatic carbocycles. The molecule has 0 saturated heterocycles. The maximum absolute atomic E-state index is 10.7. The molecule has 0 heterocycles. The molecule has 3 nitrogen and oxygen atoms in total. The third-order valence-corrected chi connectivity index (χ3v) is 0.854. The van der Waals surface area contributed by atoms with E-state index in [0.29, 0.717) is 0 Å². The summed E-state index contributed by atoms with van der Waals surface area (Å²) in [5.74, 6) is -0.228. The number of rotatable bonds is 3. The van der Waals surface area contributed by atoms with Gasteiger partial charge in [0.15, 0.2) is 0 Å². The van der Waals surface area contributed by atoms with Crippen LogP contribution in [0.25, 0.3) is 0 Å². The minimum absolute atomic E-state index is 0.0221. The predicted molar refractivity (Wildman–Crippen MR) is 39.2 cm³/mol. The Morgan fingerprint density at radius 2 is 2.20 bits per heavy atom. The average molecular weight is 143 g/mol. The molecule has 3 heteroatoms. The Morgan fingerprint density at radius 3 is 2.50 bits per heavy atom. The van der Waals surface area contributed by atoms with Gasteiger partial charge < -0.3 is 0 Å². The molecule has 0 aliphatic heterocycles. The molecule has 0 N–H and O–H groups in total. The van der Waals surface area contributed by atoms with Crippen LogP contribution in [-0.4, -0.2) is 24.1 Å². The molecule has 10 heavy (non-hydrogen) atoms. The van der Waals surface area contributed by atoms with Crippen LogP contribution in [0.3, 0.4) is 0 Å². The van der Waals surface area contributed by atoms with Gasteiger partial charge in [-0.25, -0.2) is 5.06 Å². The fourth-order valence-corrected chi connectivity index (χ4v) is 0.497. The van der Waals surface area contributed by atoms with Gasteiger partial charge in [0.2, 0.25) is 0 Å². The lowest BCUT2D eigenvalue weighted by atomic mass is 10.5. The van der Waals surface area contributed by atoms with Crippen molar-refractivity contribution >= 4 is 5.91 Å². The molecule has 0 aromatic carbocycles. The zero-order valence-electron chi connectivity index (χ0n) is 6.63. The highest BCUT2D eigenvalue weighted by molar-refractivity contribution is 5.85. The highest BCUT2D eigenvalue weighted by atomic mass is 16.7. The van der Waals surface area contributed by atoms with Crippen LogP contribution >= 0.6 is 0 Å². The standard InChI is InChI=1S/C7H13NO2/c1-5-7(9)8(4)10-6(2)3/h5-6H,1H2,2-4H3. The van der Waals surface area contributed by atoms with Gasteiger partial charge in [-0.1, -0.05) is 6.58 Å². The van der Waals surface area contributed by atoms with Gasteiger partial charge in [-0.2, -0.15) is 0 Å². The Morgan fingerprint density at radius 1 is 1.70 bits per heavy atom. The summed E-state index contributed by atoms with van der Waals surface area (Å²) >= 11 is 0. The largest absolute Gasteiger partial charge is 0.269 e. The van der Waals surface area contributed by atoms with Gasteiger partial charge in [-0.3, -0.25) is 9.63 Å². The second kappa shape index (κ2) is 4.06. The molecule has 0 radical (unpaired) electrons. The maximum Gasteiger partial charge on any atom is 0.269 e. The van der Waals surface area contributed by atoms with E-state index in [-0.39, 0.29) is 12.0 Å². The number of amides is 1. The van der Waals surface area contributed by atoms with E-state index in [2.05, 4.69) is 6.58 Å². The van der Waals surface area contributed by atoms with Crippen molar-refractivity contribution in [2.45, 2.75) is 20.0 Å². The molecule has 0 fully saturated rings.